The quantitative estimate of drug-likeness (QED) is 0.580. The van der Waals surface area contributed by atoms with Crippen molar-refractivity contribution in [1.82, 2.24) is 10.3 Å². The Morgan fingerprint density at radius 1 is 1.36 bits per heavy atom. The zero-order chi connectivity index (χ0) is 15.9. The van der Waals surface area contributed by atoms with Gasteiger partial charge in [0.25, 0.3) is 0 Å². The van der Waals surface area contributed by atoms with Gasteiger partial charge in [-0.05, 0) is 36.8 Å². The summed E-state index contributed by atoms with van der Waals surface area (Å²) in [6, 6.07) is 5.51. The van der Waals surface area contributed by atoms with Gasteiger partial charge in [0.05, 0.1) is 10.2 Å². The number of hydrogen-bond acceptors (Lipinski definition) is 4. The Morgan fingerprint density at radius 2 is 2.18 bits per heavy atom. The average molecular weight is 356 g/mol. The number of thiazole rings is 1. The molecule has 0 aliphatic rings. The highest BCUT2D eigenvalue weighted by atomic mass is 35.5. The van der Waals surface area contributed by atoms with Crippen molar-refractivity contribution in [2.75, 3.05) is 5.32 Å². The lowest BCUT2D eigenvalue weighted by Crippen LogP contribution is -2.33. The van der Waals surface area contributed by atoms with Gasteiger partial charge in [-0.3, -0.25) is 4.79 Å². The number of carbonyl (C=O) groups is 1. The molecule has 2 N–H and O–H groups in total. The molecule has 1 aromatic heterocycles. The molecule has 0 aliphatic heterocycles. The van der Waals surface area contributed by atoms with Crippen LogP contribution in [0.1, 0.15) is 39.0 Å². The number of nitrogens with one attached hydrogen (secondary N) is 2. The van der Waals surface area contributed by atoms with Gasteiger partial charge in [-0.25, -0.2) is 4.98 Å². The van der Waals surface area contributed by atoms with Crippen LogP contribution in [0.15, 0.2) is 18.2 Å². The Hall–Kier alpha value is -1.24. The normalized spacial score (nSPS) is 10.6. The van der Waals surface area contributed by atoms with Gasteiger partial charge in [0, 0.05) is 11.4 Å². The smallest absolute Gasteiger partial charge is 0.226 e. The van der Waals surface area contributed by atoms with Gasteiger partial charge in [-0.1, -0.05) is 49.1 Å². The lowest BCUT2D eigenvalue weighted by Gasteiger charge is -2.06. The van der Waals surface area contributed by atoms with Crippen molar-refractivity contribution in [2.45, 2.75) is 39.0 Å². The number of rotatable bonds is 6. The molecule has 118 valence electrons. The topological polar surface area (TPSA) is 54.0 Å². The van der Waals surface area contributed by atoms with Crippen LogP contribution in [-0.4, -0.2) is 16.0 Å². The van der Waals surface area contributed by atoms with Crippen LogP contribution in [0.5, 0.6) is 0 Å². The molecule has 1 aromatic carbocycles. The number of carbonyl (C=O) groups excluding carboxylic acids is 1. The number of unbranched alkanes of at least 4 members (excludes halogenated alkanes) is 3. The highest BCUT2D eigenvalue weighted by molar-refractivity contribution is 7.80. The van der Waals surface area contributed by atoms with Crippen LogP contribution < -0.4 is 10.6 Å². The van der Waals surface area contributed by atoms with Gasteiger partial charge in [0.15, 0.2) is 10.2 Å². The van der Waals surface area contributed by atoms with Gasteiger partial charge in [0.2, 0.25) is 5.91 Å². The van der Waals surface area contributed by atoms with E-state index >= 15 is 0 Å². The highest BCUT2D eigenvalue weighted by Gasteiger charge is 2.08. The first-order valence-electron chi connectivity index (χ1n) is 7.25. The summed E-state index contributed by atoms with van der Waals surface area (Å²) in [7, 11) is 0. The lowest BCUT2D eigenvalue weighted by molar-refractivity contribution is -0.119. The van der Waals surface area contributed by atoms with Crippen molar-refractivity contribution in [3.05, 3.63) is 23.2 Å². The molecule has 0 aliphatic carbocycles. The zero-order valence-electron chi connectivity index (χ0n) is 12.3. The summed E-state index contributed by atoms with van der Waals surface area (Å²) in [4.78, 5) is 16.1. The molecule has 7 heteroatoms. The van der Waals surface area contributed by atoms with Crippen molar-refractivity contribution in [3.8, 4) is 0 Å². The van der Waals surface area contributed by atoms with Crippen LogP contribution in [0.3, 0.4) is 0 Å². The molecule has 0 spiro atoms. The predicted octanol–water partition coefficient (Wildman–Crippen LogP) is 4.73. The molecule has 0 atom stereocenters. The molecule has 0 bridgehead atoms. The van der Waals surface area contributed by atoms with Crippen LogP contribution in [0.4, 0.5) is 5.13 Å². The summed E-state index contributed by atoms with van der Waals surface area (Å²) in [5, 5.41) is 7.23. The first-order chi connectivity index (χ1) is 10.6. The van der Waals surface area contributed by atoms with E-state index < -0.39 is 0 Å². The lowest BCUT2D eigenvalue weighted by atomic mass is 10.1. The Balaban J connectivity index is 1.84. The fourth-order valence-electron chi connectivity index (χ4n) is 1.98. The monoisotopic (exact) mass is 355 g/mol. The van der Waals surface area contributed by atoms with Crippen LogP contribution >= 0.6 is 35.2 Å². The van der Waals surface area contributed by atoms with E-state index in [-0.39, 0.29) is 11.0 Å². The Morgan fingerprint density at radius 3 is 2.95 bits per heavy atom. The number of fused-ring (bicyclic) bond motifs is 1. The largest absolute Gasteiger partial charge is 0.308 e. The molecule has 0 saturated heterocycles. The van der Waals surface area contributed by atoms with Crippen molar-refractivity contribution >= 4 is 61.5 Å². The van der Waals surface area contributed by atoms with E-state index in [0.29, 0.717) is 16.6 Å². The molecule has 0 saturated carbocycles. The second-order valence-corrected chi connectivity index (χ2v) is 6.82. The maximum Gasteiger partial charge on any atom is 0.226 e. The fourth-order valence-corrected chi connectivity index (χ4v) is 3.40. The second kappa shape index (κ2) is 8.41. The number of halogens is 1. The van der Waals surface area contributed by atoms with Crippen molar-refractivity contribution in [2.24, 2.45) is 0 Å². The third kappa shape index (κ3) is 5.19. The third-order valence-corrected chi connectivity index (χ3v) is 4.45. The van der Waals surface area contributed by atoms with E-state index in [4.69, 9.17) is 23.8 Å². The van der Waals surface area contributed by atoms with Crippen molar-refractivity contribution < 1.29 is 4.79 Å². The second-order valence-electron chi connectivity index (χ2n) is 4.94. The maximum absolute atomic E-state index is 11.8. The maximum atomic E-state index is 11.8. The van der Waals surface area contributed by atoms with Crippen LogP contribution in [0.2, 0.25) is 5.02 Å². The van der Waals surface area contributed by atoms with Crippen LogP contribution in [0, 0.1) is 0 Å². The molecule has 1 heterocycles. The summed E-state index contributed by atoms with van der Waals surface area (Å²) in [5.74, 6) is -0.0576. The van der Waals surface area contributed by atoms with Gasteiger partial charge < -0.3 is 10.6 Å². The number of benzene rings is 1. The van der Waals surface area contributed by atoms with Gasteiger partial charge >= 0.3 is 0 Å². The number of thiocarbonyl (C=S) groups is 1. The Labute approximate surface area is 144 Å². The van der Waals surface area contributed by atoms with E-state index in [1.807, 2.05) is 12.1 Å². The minimum atomic E-state index is -0.0576. The first kappa shape index (κ1) is 17.1. The predicted molar refractivity (Wildman–Crippen MR) is 97.8 cm³/mol. The highest BCUT2D eigenvalue weighted by Crippen LogP contribution is 2.28. The van der Waals surface area contributed by atoms with Crippen molar-refractivity contribution in [3.63, 3.8) is 0 Å². The van der Waals surface area contributed by atoms with E-state index in [2.05, 4.69) is 22.5 Å². The molecule has 0 radical (unpaired) electrons. The van der Waals surface area contributed by atoms with E-state index in [0.717, 1.165) is 35.9 Å². The van der Waals surface area contributed by atoms with Gasteiger partial charge in [0.1, 0.15) is 0 Å². The van der Waals surface area contributed by atoms with E-state index in [9.17, 15) is 4.79 Å². The summed E-state index contributed by atoms with van der Waals surface area (Å²) in [5.41, 5.74) is 0.852. The molecule has 22 heavy (non-hydrogen) atoms. The fraction of sp³-hybridized carbons (Fsp3) is 0.400. The minimum absolute atomic E-state index is 0.0576. The molecule has 2 aromatic rings. The average Bonchev–Trinajstić information content (AvgIpc) is 2.84. The number of nitrogens with zero attached hydrogens (tertiary/aromatic N) is 1. The molecule has 0 fully saturated rings. The van der Waals surface area contributed by atoms with Gasteiger partial charge in [-0.15, -0.1) is 0 Å². The third-order valence-electron chi connectivity index (χ3n) is 3.08. The standard InChI is InChI=1S/C15H18ClN3OS2/c1-2-3-4-5-6-13(20)18-14(21)19-15-17-11-8-7-10(16)9-12(11)22-15/h7-9H,2-6H2,1H3,(H2,17,18,19,20,21). The molecular weight excluding hydrogens is 338 g/mol. The molecule has 1 amide bonds. The molecule has 0 unspecified atom stereocenters. The number of hydrogen-bond donors (Lipinski definition) is 2. The van der Waals surface area contributed by atoms with Crippen LogP contribution in [-0.2, 0) is 4.79 Å². The Bertz CT molecular complexity index is 672. The Kier molecular flexibility index (Phi) is 6.54. The minimum Gasteiger partial charge on any atom is -0.308 e. The van der Waals surface area contributed by atoms with Crippen molar-refractivity contribution in [1.29, 1.82) is 0 Å². The summed E-state index contributed by atoms with van der Waals surface area (Å²) in [6.45, 7) is 2.14. The SMILES string of the molecule is CCCCCCC(=O)NC(=S)Nc1nc2ccc(Cl)cc2s1. The van der Waals surface area contributed by atoms with Crippen LogP contribution in [0.25, 0.3) is 10.2 Å². The zero-order valence-corrected chi connectivity index (χ0v) is 14.7. The summed E-state index contributed by atoms with van der Waals surface area (Å²) >= 11 is 12.5. The number of aromatic nitrogens is 1. The van der Waals surface area contributed by atoms with E-state index in [1.165, 1.54) is 11.3 Å². The first-order valence-corrected chi connectivity index (χ1v) is 8.85. The van der Waals surface area contributed by atoms with E-state index in [1.54, 1.807) is 6.07 Å². The molecular formula is C15H18ClN3OS2. The van der Waals surface area contributed by atoms with Gasteiger partial charge in [-0.2, -0.15) is 0 Å². The molecule has 2 rings (SSSR count). The summed E-state index contributed by atoms with van der Waals surface area (Å²) in [6.07, 6.45) is 4.77. The molecule has 4 nitrogen and oxygen atoms in total. The number of anilines is 1. The summed E-state index contributed by atoms with van der Waals surface area (Å²) < 4.78 is 0.976. The number of amides is 1.